The van der Waals surface area contributed by atoms with Gasteiger partial charge in [0.2, 0.25) is 0 Å². The second-order valence-electron chi connectivity index (χ2n) is 5.20. The molecule has 1 aliphatic rings. The zero-order valence-electron chi connectivity index (χ0n) is 10.5. The molecule has 3 rings (SSSR count). The Morgan fingerprint density at radius 2 is 2.00 bits per heavy atom. The number of aliphatic hydroxyl groups excluding tert-OH is 1. The molecule has 2 atom stereocenters. The minimum atomic E-state index is -0.394. The molecule has 18 heavy (non-hydrogen) atoms. The smallest absolute Gasteiger partial charge is 0.0848 e. The van der Waals surface area contributed by atoms with Crippen LogP contribution in [0.15, 0.2) is 42.7 Å². The van der Waals surface area contributed by atoms with Crippen molar-refractivity contribution < 1.29 is 5.11 Å². The first-order valence-corrected chi connectivity index (χ1v) is 6.54. The van der Waals surface area contributed by atoms with Gasteiger partial charge in [0, 0.05) is 11.8 Å². The average molecular weight is 242 g/mol. The van der Waals surface area contributed by atoms with Gasteiger partial charge < -0.3 is 5.11 Å². The molecule has 3 nitrogen and oxygen atoms in total. The van der Waals surface area contributed by atoms with Gasteiger partial charge >= 0.3 is 0 Å². The molecule has 1 saturated carbocycles. The summed E-state index contributed by atoms with van der Waals surface area (Å²) in [4.78, 5) is 0. The van der Waals surface area contributed by atoms with Gasteiger partial charge in [-0.3, -0.25) is 0 Å². The number of aliphatic hydroxyl groups is 1. The molecule has 2 unspecified atom stereocenters. The van der Waals surface area contributed by atoms with Gasteiger partial charge in [0.15, 0.2) is 0 Å². The van der Waals surface area contributed by atoms with Crippen molar-refractivity contribution in [2.75, 3.05) is 0 Å². The second-order valence-corrected chi connectivity index (χ2v) is 5.20. The normalized spacial score (nSPS) is 18.6. The van der Waals surface area contributed by atoms with E-state index in [4.69, 9.17) is 0 Å². The van der Waals surface area contributed by atoms with Crippen molar-refractivity contribution in [3.8, 4) is 5.69 Å². The lowest BCUT2D eigenvalue weighted by atomic mass is 9.95. The number of hydrogen-bond donors (Lipinski definition) is 1. The highest BCUT2D eigenvalue weighted by molar-refractivity contribution is 5.31. The van der Waals surface area contributed by atoms with E-state index in [1.54, 1.807) is 6.20 Å². The molecule has 1 heterocycles. The fourth-order valence-electron chi connectivity index (χ4n) is 2.39. The summed E-state index contributed by atoms with van der Waals surface area (Å²) in [6.45, 7) is 2.13. The molecular weight excluding hydrogens is 224 g/mol. The summed E-state index contributed by atoms with van der Waals surface area (Å²) in [5.41, 5.74) is 1.94. The molecule has 1 aliphatic carbocycles. The fourth-order valence-corrected chi connectivity index (χ4v) is 2.39. The zero-order valence-corrected chi connectivity index (χ0v) is 10.5. The number of rotatable bonds is 4. The third-order valence-corrected chi connectivity index (χ3v) is 3.83. The molecule has 3 heteroatoms. The predicted octanol–water partition coefficient (Wildman–Crippen LogP) is 2.95. The Labute approximate surface area is 107 Å². The first-order chi connectivity index (χ1) is 8.75. The molecule has 1 aromatic carbocycles. The topological polar surface area (TPSA) is 38.1 Å². The van der Waals surface area contributed by atoms with Crippen molar-refractivity contribution in [3.05, 3.63) is 48.3 Å². The van der Waals surface area contributed by atoms with Crippen LogP contribution in [0.4, 0.5) is 0 Å². The summed E-state index contributed by atoms with van der Waals surface area (Å²) in [7, 11) is 0. The molecule has 0 radical (unpaired) electrons. The van der Waals surface area contributed by atoms with E-state index in [9.17, 15) is 5.11 Å². The summed E-state index contributed by atoms with van der Waals surface area (Å²) < 4.78 is 1.82. The molecule has 1 fully saturated rings. The van der Waals surface area contributed by atoms with Crippen LogP contribution >= 0.6 is 0 Å². The minimum Gasteiger partial charge on any atom is -0.388 e. The third kappa shape index (κ3) is 2.18. The van der Waals surface area contributed by atoms with Crippen molar-refractivity contribution in [1.82, 2.24) is 9.78 Å². The summed E-state index contributed by atoms with van der Waals surface area (Å²) in [5, 5.41) is 14.6. The molecular formula is C15H18N2O. The third-order valence-electron chi connectivity index (χ3n) is 3.83. The van der Waals surface area contributed by atoms with Crippen LogP contribution in [0.2, 0.25) is 0 Å². The minimum absolute atomic E-state index is 0.332. The number of nitrogens with zero attached hydrogens (tertiary/aromatic N) is 2. The molecule has 0 bridgehead atoms. The van der Waals surface area contributed by atoms with E-state index in [-0.39, 0.29) is 0 Å². The molecule has 0 spiro atoms. The maximum absolute atomic E-state index is 10.3. The highest BCUT2D eigenvalue weighted by atomic mass is 16.3. The highest BCUT2D eigenvalue weighted by Crippen LogP contribution is 2.42. The SMILES string of the molecule is CC(C1CC1)C(O)c1cnn(-c2ccccc2)c1. The number of benzene rings is 1. The van der Waals surface area contributed by atoms with Gasteiger partial charge in [-0.2, -0.15) is 5.10 Å². The van der Waals surface area contributed by atoms with E-state index >= 15 is 0 Å². The van der Waals surface area contributed by atoms with Crippen molar-refractivity contribution in [1.29, 1.82) is 0 Å². The summed E-state index contributed by atoms with van der Waals surface area (Å²) >= 11 is 0. The Kier molecular flexibility index (Phi) is 2.92. The molecule has 0 aliphatic heterocycles. The van der Waals surface area contributed by atoms with Gasteiger partial charge in [0.1, 0.15) is 0 Å². The maximum Gasteiger partial charge on any atom is 0.0848 e. The van der Waals surface area contributed by atoms with Crippen LogP contribution < -0.4 is 0 Å². The largest absolute Gasteiger partial charge is 0.388 e. The number of hydrogen-bond acceptors (Lipinski definition) is 2. The monoisotopic (exact) mass is 242 g/mol. The predicted molar refractivity (Wildman–Crippen MR) is 70.4 cm³/mol. The Bertz CT molecular complexity index is 516. The lowest BCUT2D eigenvalue weighted by Gasteiger charge is -2.16. The molecule has 94 valence electrons. The first-order valence-electron chi connectivity index (χ1n) is 6.54. The molecule has 1 aromatic heterocycles. The van der Waals surface area contributed by atoms with Crippen LogP contribution in [0, 0.1) is 11.8 Å². The van der Waals surface area contributed by atoms with E-state index in [2.05, 4.69) is 12.0 Å². The van der Waals surface area contributed by atoms with E-state index < -0.39 is 6.10 Å². The van der Waals surface area contributed by atoms with E-state index in [0.717, 1.165) is 11.3 Å². The van der Waals surface area contributed by atoms with Gasteiger partial charge in [-0.25, -0.2) is 4.68 Å². The van der Waals surface area contributed by atoms with E-state index in [1.165, 1.54) is 12.8 Å². The summed E-state index contributed by atoms with van der Waals surface area (Å²) in [5.74, 6) is 1.03. The summed E-state index contributed by atoms with van der Waals surface area (Å²) in [6.07, 6.45) is 5.82. The first kappa shape index (κ1) is 11.5. The van der Waals surface area contributed by atoms with Gasteiger partial charge in [-0.15, -0.1) is 0 Å². The van der Waals surface area contributed by atoms with Crippen LogP contribution in [-0.4, -0.2) is 14.9 Å². The Morgan fingerprint density at radius 3 is 2.67 bits per heavy atom. The van der Waals surface area contributed by atoms with Crippen molar-refractivity contribution in [2.45, 2.75) is 25.9 Å². The number of aromatic nitrogens is 2. The van der Waals surface area contributed by atoms with Crippen LogP contribution in [0.3, 0.4) is 0 Å². The van der Waals surface area contributed by atoms with Gasteiger partial charge in [0.25, 0.3) is 0 Å². The second kappa shape index (κ2) is 4.58. The molecule has 0 saturated heterocycles. The van der Waals surface area contributed by atoms with E-state index in [0.29, 0.717) is 11.8 Å². The quantitative estimate of drug-likeness (QED) is 0.895. The van der Waals surface area contributed by atoms with Gasteiger partial charge in [-0.1, -0.05) is 25.1 Å². The van der Waals surface area contributed by atoms with Crippen LogP contribution in [0.5, 0.6) is 0 Å². The zero-order chi connectivity index (χ0) is 12.5. The van der Waals surface area contributed by atoms with Crippen molar-refractivity contribution >= 4 is 0 Å². The maximum atomic E-state index is 10.3. The van der Waals surface area contributed by atoms with Crippen LogP contribution in [0.25, 0.3) is 5.69 Å². The van der Waals surface area contributed by atoms with Crippen molar-refractivity contribution in [2.24, 2.45) is 11.8 Å². The molecule has 1 N–H and O–H groups in total. The van der Waals surface area contributed by atoms with Crippen molar-refractivity contribution in [3.63, 3.8) is 0 Å². The standard InChI is InChI=1S/C15H18N2O/c1-11(12-7-8-12)15(18)13-9-16-17(10-13)14-5-3-2-4-6-14/h2-6,9-12,15,18H,7-8H2,1H3. The highest BCUT2D eigenvalue weighted by Gasteiger charge is 2.33. The Balaban J connectivity index is 1.80. The Morgan fingerprint density at radius 1 is 1.28 bits per heavy atom. The van der Waals surface area contributed by atoms with Gasteiger partial charge in [-0.05, 0) is 36.8 Å². The number of para-hydroxylation sites is 1. The average Bonchev–Trinajstić information content (AvgIpc) is 3.15. The van der Waals surface area contributed by atoms with Crippen LogP contribution in [0.1, 0.15) is 31.4 Å². The fraction of sp³-hybridized carbons (Fsp3) is 0.400. The van der Waals surface area contributed by atoms with E-state index in [1.807, 2.05) is 41.2 Å². The molecule has 0 amide bonds. The van der Waals surface area contributed by atoms with Crippen LogP contribution in [-0.2, 0) is 0 Å². The lowest BCUT2D eigenvalue weighted by Crippen LogP contribution is -2.10. The molecule has 2 aromatic rings. The summed E-state index contributed by atoms with van der Waals surface area (Å²) in [6, 6.07) is 9.97. The lowest BCUT2D eigenvalue weighted by molar-refractivity contribution is 0.106. The van der Waals surface area contributed by atoms with Gasteiger partial charge in [0.05, 0.1) is 18.0 Å². The Hall–Kier alpha value is -1.61.